The van der Waals surface area contributed by atoms with Crippen LogP contribution >= 0.6 is 24.2 Å². The van der Waals surface area contributed by atoms with Crippen LogP contribution in [0.2, 0.25) is 5.15 Å². The standard InChI is InChI=1S/C9H9ClN2O4S/c1-2-6(17)9(13)16-8-5(12(14)15)3-4-7(10)11-8/h3-4,6,17H,2H2,1H3. The van der Waals surface area contributed by atoms with Gasteiger partial charge in [0.15, 0.2) is 0 Å². The van der Waals surface area contributed by atoms with Crippen LogP contribution in [0.4, 0.5) is 5.69 Å². The van der Waals surface area contributed by atoms with Crippen molar-refractivity contribution in [2.75, 3.05) is 0 Å². The predicted octanol–water partition coefficient (Wildman–Crippen LogP) is 2.26. The van der Waals surface area contributed by atoms with Gasteiger partial charge in [-0.1, -0.05) is 18.5 Å². The summed E-state index contributed by atoms with van der Waals surface area (Å²) in [6.45, 7) is 1.73. The smallest absolute Gasteiger partial charge is 0.331 e. The number of thiol groups is 1. The lowest BCUT2D eigenvalue weighted by Gasteiger charge is -2.07. The minimum atomic E-state index is -0.703. The van der Waals surface area contributed by atoms with Crippen molar-refractivity contribution in [1.29, 1.82) is 0 Å². The number of hydrogen-bond donors (Lipinski definition) is 1. The molecule has 0 saturated carbocycles. The normalized spacial score (nSPS) is 11.9. The van der Waals surface area contributed by atoms with Gasteiger partial charge in [0.25, 0.3) is 0 Å². The lowest BCUT2D eigenvalue weighted by Crippen LogP contribution is -2.21. The number of hydrogen-bond acceptors (Lipinski definition) is 6. The molecule has 0 fully saturated rings. The number of aromatic nitrogens is 1. The largest absolute Gasteiger partial charge is 0.400 e. The molecule has 0 aliphatic carbocycles. The summed E-state index contributed by atoms with van der Waals surface area (Å²) in [4.78, 5) is 25.0. The number of rotatable bonds is 4. The van der Waals surface area contributed by atoms with Gasteiger partial charge in [0.05, 0.1) is 10.2 Å². The quantitative estimate of drug-likeness (QED) is 0.300. The first kappa shape index (κ1) is 13.7. The van der Waals surface area contributed by atoms with E-state index in [1.165, 1.54) is 6.07 Å². The fraction of sp³-hybridized carbons (Fsp3) is 0.333. The summed E-state index contributed by atoms with van der Waals surface area (Å²) in [5.74, 6) is -1.12. The molecular weight excluding hydrogens is 268 g/mol. The Morgan fingerprint density at radius 2 is 2.35 bits per heavy atom. The van der Waals surface area contributed by atoms with E-state index < -0.39 is 27.7 Å². The van der Waals surface area contributed by atoms with Crippen LogP contribution in [0.15, 0.2) is 12.1 Å². The van der Waals surface area contributed by atoms with Crippen molar-refractivity contribution in [3.05, 3.63) is 27.4 Å². The molecule has 1 unspecified atom stereocenters. The number of nitro groups is 1. The SMILES string of the molecule is CCC(S)C(=O)Oc1nc(Cl)ccc1[N+](=O)[O-]. The Balaban J connectivity index is 3.00. The molecule has 1 aromatic rings. The summed E-state index contributed by atoms with van der Waals surface area (Å²) in [6, 6.07) is 2.37. The van der Waals surface area contributed by atoms with Crippen LogP contribution in [-0.2, 0) is 4.79 Å². The van der Waals surface area contributed by atoms with Crippen molar-refractivity contribution < 1.29 is 14.5 Å². The Bertz CT molecular complexity index is 455. The number of halogens is 1. The van der Waals surface area contributed by atoms with Crippen LogP contribution in [0.5, 0.6) is 5.88 Å². The maximum atomic E-state index is 11.4. The molecule has 8 heteroatoms. The van der Waals surface area contributed by atoms with Gasteiger partial charge in [-0.3, -0.25) is 14.9 Å². The number of esters is 1. The minimum absolute atomic E-state index is 0.00520. The van der Waals surface area contributed by atoms with Gasteiger partial charge in [-0.2, -0.15) is 17.6 Å². The Labute approximate surface area is 107 Å². The van der Waals surface area contributed by atoms with Crippen molar-refractivity contribution in [2.24, 2.45) is 0 Å². The third kappa shape index (κ3) is 3.57. The van der Waals surface area contributed by atoms with E-state index in [1.54, 1.807) is 6.92 Å². The van der Waals surface area contributed by atoms with E-state index in [1.807, 2.05) is 0 Å². The average Bonchev–Trinajstić information content (AvgIpc) is 2.27. The van der Waals surface area contributed by atoms with Crippen LogP contribution < -0.4 is 4.74 Å². The molecule has 0 bridgehead atoms. The molecule has 0 radical (unpaired) electrons. The van der Waals surface area contributed by atoms with Gasteiger partial charge in [-0.25, -0.2) is 0 Å². The van der Waals surface area contributed by atoms with Crippen LogP contribution in [0.1, 0.15) is 13.3 Å². The molecular formula is C9H9ClN2O4S. The number of ether oxygens (including phenoxy) is 1. The molecule has 6 nitrogen and oxygen atoms in total. The van der Waals surface area contributed by atoms with Crippen molar-refractivity contribution in [2.45, 2.75) is 18.6 Å². The van der Waals surface area contributed by atoms with Gasteiger partial charge < -0.3 is 4.74 Å². The molecule has 0 aromatic carbocycles. The van der Waals surface area contributed by atoms with E-state index >= 15 is 0 Å². The highest BCUT2D eigenvalue weighted by atomic mass is 35.5. The van der Waals surface area contributed by atoms with Gasteiger partial charge in [-0.15, -0.1) is 0 Å². The number of pyridine rings is 1. The zero-order chi connectivity index (χ0) is 13.0. The van der Waals surface area contributed by atoms with Gasteiger partial charge in [-0.05, 0) is 12.5 Å². The maximum Gasteiger partial charge on any atom is 0.331 e. The molecule has 0 aliphatic heterocycles. The van der Waals surface area contributed by atoms with E-state index in [4.69, 9.17) is 16.3 Å². The molecule has 0 saturated heterocycles. The van der Waals surface area contributed by atoms with Crippen LogP contribution in [0.3, 0.4) is 0 Å². The summed E-state index contributed by atoms with van der Waals surface area (Å²) in [5.41, 5.74) is -0.417. The third-order valence-electron chi connectivity index (χ3n) is 1.86. The zero-order valence-corrected chi connectivity index (χ0v) is 10.4. The summed E-state index contributed by atoms with van der Waals surface area (Å²) in [6.07, 6.45) is 0.441. The Kier molecular flexibility index (Phi) is 4.71. The monoisotopic (exact) mass is 276 g/mol. The fourth-order valence-corrected chi connectivity index (χ4v) is 1.15. The molecule has 1 atom stereocenters. The topological polar surface area (TPSA) is 82.3 Å². The van der Waals surface area contributed by atoms with Crippen molar-refractivity contribution >= 4 is 35.9 Å². The molecule has 92 valence electrons. The molecule has 0 amide bonds. The lowest BCUT2D eigenvalue weighted by atomic mass is 10.3. The van der Waals surface area contributed by atoms with Crippen molar-refractivity contribution in [3.8, 4) is 5.88 Å². The Morgan fingerprint density at radius 3 is 2.88 bits per heavy atom. The van der Waals surface area contributed by atoms with Gasteiger partial charge in [0, 0.05) is 6.07 Å². The van der Waals surface area contributed by atoms with Crippen LogP contribution in [0.25, 0.3) is 0 Å². The highest BCUT2D eigenvalue weighted by Crippen LogP contribution is 2.26. The first-order chi connectivity index (χ1) is 7.95. The highest BCUT2D eigenvalue weighted by molar-refractivity contribution is 7.81. The van der Waals surface area contributed by atoms with Gasteiger partial charge in [0.1, 0.15) is 5.15 Å². The zero-order valence-electron chi connectivity index (χ0n) is 8.79. The minimum Gasteiger partial charge on any atom is -0.400 e. The van der Waals surface area contributed by atoms with E-state index in [0.717, 1.165) is 6.07 Å². The highest BCUT2D eigenvalue weighted by Gasteiger charge is 2.22. The third-order valence-corrected chi connectivity index (χ3v) is 2.65. The second-order valence-corrected chi connectivity index (χ2v) is 4.07. The molecule has 1 aromatic heterocycles. The predicted molar refractivity (Wildman–Crippen MR) is 64.6 cm³/mol. The van der Waals surface area contributed by atoms with Crippen molar-refractivity contribution in [3.63, 3.8) is 0 Å². The fourth-order valence-electron chi connectivity index (χ4n) is 0.955. The summed E-state index contributed by atoms with van der Waals surface area (Å²) < 4.78 is 4.79. The Morgan fingerprint density at radius 1 is 1.71 bits per heavy atom. The van der Waals surface area contributed by atoms with E-state index in [9.17, 15) is 14.9 Å². The Hall–Kier alpha value is -1.34. The maximum absolute atomic E-state index is 11.4. The molecule has 1 rings (SSSR count). The second-order valence-electron chi connectivity index (χ2n) is 3.06. The van der Waals surface area contributed by atoms with Gasteiger partial charge in [0.2, 0.25) is 0 Å². The van der Waals surface area contributed by atoms with Gasteiger partial charge >= 0.3 is 17.5 Å². The number of nitrogens with zero attached hydrogens (tertiary/aromatic N) is 2. The molecule has 0 aliphatic rings. The van der Waals surface area contributed by atoms with Crippen LogP contribution in [0, 0.1) is 10.1 Å². The molecule has 1 heterocycles. The lowest BCUT2D eigenvalue weighted by molar-refractivity contribution is -0.386. The molecule has 0 N–H and O–H groups in total. The molecule has 17 heavy (non-hydrogen) atoms. The average molecular weight is 277 g/mol. The van der Waals surface area contributed by atoms with Crippen molar-refractivity contribution in [1.82, 2.24) is 4.98 Å². The summed E-state index contributed by atoms with van der Waals surface area (Å²) >= 11 is 9.54. The summed E-state index contributed by atoms with van der Waals surface area (Å²) in [5, 5.41) is 10.0. The summed E-state index contributed by atoms with van der Waals surface area (Å²) in [7, 11) is 0. The first-order valence-corrected chi connectivity index (χ1v) is 5.55. The van der Waals surface area contributed by atoms with E-state index in [2.05, 4.69) is 17.6 Å². The van der Waals surface area contributed by atoms with Crippen LogP contribution in [-0.4, -0.2) is 21.1 Å². The number of carbonyl (C=O) groups excluding carboxylic acids is 1. The second kappa shape index (κ2) is 5.83. The number of carbonyl (C=O) groups is 1. The van der Waals surface area contributed by atoms with E-state index in [0.29, 0.717) is 6.42 Å². The van der Waals surface area contributed by atoms with E-state index in [-0.39, 0.29) is 5.15 Å². The first-order valence-electron chi connectivity index (χ1n) is 4.66. The molecule has 0 spiro atoms.